The summed E-state index contributed by atoms with van der Waals surface area (Å²) >= 11 is 0. The maximum absolute atomic E-state index is 14.4. The lowest BCUT2D eigenvalue weighted by atomic mass is 9.98. The zero-order valence-electron chi connectivity index (χ0n) is 21.2. The van der Waals surface area contributed by atoms with E-state index in [1.54, 1.807) is 6.07 Å². The van der Waals surface area contributed by atoms with E-state index in [1.165, 1.54) is 6.07 Å². The summed E-state index contributed by atoms with van der Waals surface area (Å²) in [5.74, 6) is 0.413. The van der Waals surface area contributed by atoms with Crippen LogP contribution in [0.25, 0.3) is 10.9 Å². The van der Waals surface area contributed by atoms with Crippen LogP contribution in [0.4, 0.5) is 10.1 Å². The van der Waals surface area contributed by atoms with E-state index < -0.39 is 6.04 Å². The molecule has 0 saturated carbocycles. The van der Waals surface area contributed by atoms with Gasteiger partial charge >= 0.3 is 0 Å². The quantitative estimate of drug-likeness (QED) is 0.441. The molecule has 3 heterocycles. The lowest BCUT2D eigenvalue weighted by Crippen LogP contribution is -2.49. The maximum Gasteiger partial charge on any atom is 0.253 e. The van der Waals surface area contributed by atoms with Crippen LogP contribution in [0.1, 0.15) is 50.2 Å². The first-order valence-electron chi connectivity index (χ1n) is 12.4. The number of H-pyrrole nitrogens is 1. The van der Waals surface area contributed by atoms with Crippen LogP contribution in [0.3, 0.4) is 0 Å². The first kappa shape index (κ1) is 24.1. The molecule has 8 nitrogen and oxygen atoms in total. The lowest BCUT2D eigenvalue weighted by molar-refractivity contribution is 0.186. The van der Waals surface area contributed by atoms with Crippen LogP contribution in [0, 0.1) is 12.7 Å². The molecule has 0 radical (unpaired) electrons. The Morgan fingerprint density at radius 1 is 1.08 bits per heavy atom. The van der Waals surface area contributed by atoms with Gasteiger partial charge < -0.3 is 9.88 Å². The van der Waals surface area contributed by atoms with E-state index in [0.29, 0.717) is 43.3 Å². The van der Waals surface area contributed by atoms with E-state index in [1.807, 2.05) is 41.9 Å². The van der Waals surface area contributed by atoms with Gasteiger partial charge in [-0.15, -0.1) is 5.10 Å². The topological polar surface area (TPSA) is 82.9 Å². The smallest absolute Gasteiger partial charge is 0.253 e. The average molecular weight is 490 g/mol. The van der Waals surface area contributed by atoms with Gasteiger partial charge in [-0.1, -0.05) is 30.7 Å². The molecule has 1 aliphatic rings. The molecular weight excluding hydrogens is 457 g/mol. The number of hydrogen-bond donors (Lipinski definition) is 1. The Hall–Kier alpha value is -3.59. The third kappa shape index (κ3) is 4.39. The fourth-order valence-corrected chi connectivity index (χ4v) is 4.92. The van der Waals surface area contributed by atoms with Gasteiger partial charge in [0.25, 0.3) is 5.56 Å². The Labute approximate surface area is 209 Å². The summed E-state index contributed by atoms with van der Waals surface area (Å²) in [5, 5.41) is 13.8. The minimum absolute atomic E-state index is 0.156. The molecule has 36 heavy (non-hydrogen) atoms. The number of nitrogens with one attached hydrogen (secondary N) is 1. The van der Waals surface area contributed by atoms with E-state index in [4.69, 9.17) is 0 Å². The van der Waals surface area contributed by atoms with Gasteiger partial charge in [0, 0.05) is 37.3 Å². The second-order valence-corrected chi connectivity index (χ2v) is 10.1. The Morgan fingerprint density at radius 2 is 1.83 bits per heavy atom. The fraction of sp³-hybridized carbons (Fsp3) is 0.407. The summed E-state index contributed by atoms with van der Waals surface area (Å²) in [7, 11) is 0. The first-order valence-corrected chi connectivity index (χ1v) is 12.4. The molecule has 0 bridgehead atoms. The molecule has 1 saturated heterocycles. The predicted octanol–water partition coefficient (Wildman–Crippen LogP) is 4.02. The SMILES string of the molecule is CCC(C)(C)n1nnnc1C(c1cc2cc(C)ccc2[nH]c1=O)N1CCN(c2ccccc2F)CC1. The number of para-hydroxylation sites is 1. The van der Waals surface area contributed by atoms with Gasteiger partial charge in [0.05, 0.1) is 11.2 Å². The fourth-order valence-electron chi connectivity index (χ4n) is 4.92. The van der Waals surface area contributed by atoms with Gasteiger partial charge in [-0.2, -0.15) is 0 Å². The molecular formula is C27H32FN7O. The molecule has 1 atom stereocenters. The highest BCUT2D eigenvalue weighted by molar-refractivity contribution is 5.79. The van der Waals surface area contributed by atoms with E-state index >= 15 is 0 Å². The number of hydrogen-bond acceptors (Lipinski definition) is 6. The minimum atomic E-state index is -0.442. The molecule has 5 rings (SSSR count). The Balaban J connectivity index is 1.58. The van der Waals surface area contributed by atoms with Crippen LogP contribution < -0.4 is 10.5 Å². The van der Waals surface area contributed by atoms with Crippen molar-refractivity contribution in [1.82, 2.24) is 30.1 Å². The van der Waals surface area contributed by atoms with E-state index in [-0.39, 0.29) is 16.9 Å². The summed E-state index contributed by atoms with van der Waals surface area (Å²) in [4.78, 5) is 20.8. The highest BCUT2D eigenvalue weighted by Gasteiger charge is 2.36. The van der Waals surface area contributed by atoms with Crippen molar-refractivity contribution in [3.05, 3.63) is 81.7 Å². The Morgan fingerprint density at radius 3 is 2.56 bits per heavy atom. The second kappa shape index (κ2) is 9.46. The highest BCUT2D eigenvalue weighted by Crippen LogP contribution is 2.32. The molecule has 1 aliphatic heterocycles. The number of benzene rings is 2. The summed E-state index contributed by atoms with van der Waals surface area (Å²) in [6.07, 6.45) is 0.825. The summed E-state index contributed by atoms with van der Waals surface area (Å²) < 4.78 is 16.3. The molecule has 188 valence electrons. The highest BCUT2D eigenvalue weighted by atomic mass is 19.1. The average Bonchev–Trinajstić information content (AvgIpc) is 3.36. The van der Waals surface area contributed by atoms with Crippen molar-refractivity contribution in [2.45, 2.75) is 45.7 Å². The van der Waals surface area contributed by atoms with Gasteiger partial charge in [0.15, 0.2) is 5.82 Å². The third-order valence-corrected chi connectivity index (χ3v) is 7.37. The van der Waals surface area contributed by atoms with Crippen molar-refractivity contribution in [1.29, 1.82) is 0 Å². The summed E-state index contributed by atoms with van der Waals surface area (Å²) in [5.41, 5.74) is 2.64. The van der Waals surface area contributed by atoms with Crippen LogP contribution in [-0.4, -0.2) is 56.3 Å². The number of halogens is 1. The van der Waals surface area contributed by atoms with E-state index in [2.05, 4.69) is 57.1 Å². The molecule has 2 aromatic heterocycles. The minimum Gasteiger partial charge on any atom is -0.367 e. The summed E-state index contributed by atoms with van der Waals surface area (Å²) in [6, 6.07) is 14.4. The zero-order chi connectivity index (χ0) is 25.4. The second-order valence-electron chi connectivity index (χ2n) is 10.1. The van der Waals surface area contributed by atoms with Crippen molar-refractivity contribution in [3.8, 4) is 0 Å². The Kier molecular flexibility index (Phi) is 6.34. The molecule has 1 unspecified atom stereocenters. The van der Waals surface area contributed by atoms with Gasteiger partial charge in [-0.05, 0) is 73.3 Å². The van der Waals surface area contributed by atoms with Crippen molar-refractivity contribution < 1.29 is 4.39 Å². The van der Waals surface area contributed by atoms with Crippen molar-refractivity contribution >= 4 is 16.6 Å². The first-order chi connectivity index (χ1) is 17.3. The monoisotopic (exact) mass is 489 g/mol. The number of rotatable bonds is 6. The molecule has 0 amide bonds. The number of aromatic amines is 1. The Bertz CT molecular complexity index is 1440. The van der Waals surface area contributed by atoms with Crippen LogP contribution >= 0.6 is 0 Å². The standard InChI is InChI=1S/C27H32FN7O/c1-5-27(3,4)35-25(30-31-32-35)24(20-17-19-16-18(2)10-11-22(19)29-26(20)36)34-14-12-33(13-15-34)23-9-7-6-8-21(23)28/h6-11,16-17,24H,5,12-15H2,1-4H3,(H,29,36). The largest absolute Gasteiger partial charge is 0.367 e. The number of nitrogens with zero attached hydrogens (tertiary/aromatic N) is 6. The van der Waals surface area contributed by atoms with Crippen molar-refractivity contribution in [3.63, 3.8) is 0 Å². The zero-order valence-corrected chi connectivity index (χ0v) is 21.2. The van der Waals surface area contributed by atoms with E-state index in [9.17, 15) is 9.18 Å². The molecule has 0 spiro atoms. The number of piperazine rings is 1. The van der Waals surface area contributed by atoms with Crippen LogP contribution in [0.5, 0.6) is 0 Å². The third-order valence-electron chi connectivity index (χ3n) is 7.37. The number of tetrazole rings is 1. The molecule has 2 aromatic carbocycles. The van der Waals surface area contributed by atoms with Crippen molar-refractivity contribution in [2.24, 2.45) is 0 Å². The van der Waals surface area contributed by atoms with Gasteiger partial charge in [-0.25, -0.2) is 9.07 Å². The normalized spacial score (nSPS) is 16.0. The van der Waals surface area contributed by atoms with E-state index in [0.717, 1.165) is 22.9 Å². The van der Waals surface area contributed by atoms with Gasteiger partial charge in [0.1, 0.15) is 11.9 Å². The maximum atomic E-state index is 14.4. The summed E-state index contributed by atoms with van der Waals surface area (Å²) in [6.45, 7) is 10.8. The van der Waals surface area contributed by atoms with Gasteiger partial charge in [-0.3, -0.25) is 9.69 Å². The molecule has 9 heteroatoms. The number of aryl methyl sites for hydroxylation is 1. The molecule has 4 aromatic rings. The molecule has 1 fully saturated rings. The number of aromatic nitrogens is 5. The van der Waals surface area contributed by atoms with Crippen LogP contribution in [0.2, 0.25) is 0 Å². The molecule has 0 aliphatic carbocycles. The molecule has 1 N–H and O–H groups in total. The number of anilines is 1. The van der Waals surface area contributed by atoms with Gasteiger partial charge in [0.2, 0.25) is 0 Å². The van der Waals surface area contributed by atoms with Crippen molar-refractivity contribution in [2.75, 3.05) is 31.1 Å². The number of pyridine rings is 1. The van der Waals surface area contributed by atoms with Crippen LogP contribution in [0.15, 0.2) is 53.3 Å². The lowest BCUT2D eigenvalue weighted by Gasteiger charge is -2.40. The van der Waals surface area contributed by atoms with Crippen LogP contribution in [-0.2, 0) is 5.54 Å². The number of fused-ring (bicyclic) bond motifs is 1. The predicted molar refractivity (Wildman–Crippen MR) is 139 cm³/mol.